The van der Waals surface area contributed by atoms with Gasteiger partial charge in [0.15, 0.2) is 0 Å². The second-order valence-corrected chi connectivity index (χ2v) is 9.56. The van der Waals surface area contributed by atoms with Crippen molar-refractivity contribution in [3.8, 4) is 0 Å². The first-order chi connectivity index (χ1) is 18.4. The standard InChI is InChI=1S/C29H24Cl2N4O3/c1-19(34(18-21-11-8-16-38-21)29(37)33-25-15-7-13-23(30)26(25)31)27-32-24-14-6-5-12-22(24)28(36)35(27)17-20-9-3-2-4-10-20/h2-16,19H,17-18H2,1H3,(H,33,37). The molecule has 0 fully saturated rings. The van der Waals surface area contributed by atoms with Crippen LogP contribution in [0, 0.1) is 0 Å². The third-order valence-corrected chi connectivity index (χ3v) is 7.10. The van der Waals surface area contributed by atoms with Gasteiger partial charge in [-0.25, -0.2) is 9.78 Å². The molecule has 1 atom stereocenters. The lowest BCUT2D eigenvalue weighted by molar-refractivity contribution is 0.178. The van der Waals surface area contributed by atoms with E-state index in [0.717, 1.165) is 5.56 Å². The van der Waals surface area contributed by atoms with Gasteiger partial charge in [0.1, 0.15) is 11.6 Å². The highest BCUT2D eigenvalue weighted by Gasteiger charge is 2.28. The Labute approximate surface area is 229 Å². The number of fused-ring (bicyclic) bond motifs is 1. The van der Waals surface area contributed by atoms with Gasteiger partial charge in [-0.2, -0.15) is 0 Å². The third-order valence-electron chi connectivity index (χ3n) is 6.28. The van der Waals surface area contributed by atoms with E-state index in [4.69, 9.17) is 32.6 Å². The highest BCUT2D eigenvalue weighted by Crippen LogP contribution is 2.31. The number of aromatic nitrogens is 2. The van der Waals surface area contributed by atoms with E-state index in [1.165, 1.54) is 0 Å². The van der Waals surface area contributed by atoms with Crippen molar-refractivity contribution in [2.75, 3.05) is 5.32 Å². The predicted octanol–water partition coefficient (Wildman–Crippen LogP) is 7.14. The van der Waals surface area contributed by atoms with Crippen LogP contribution in [0.2, 0.25) is 10.0 Å². The molecule has 1 N–H and O–H groups in total. The Morgan fingerprint density at radius 1 is 1.00 bits per heavy atom. The van der Waals surface area contributed by atoms with Gasteiger partial charge >= 0.3 is 6.03 Å². The Kier molecular flexibility index (Phi) is 7.49. The molecule has 7 nitrogen and oxygen atoms in total. The van der Waals surface area contributed by atoms with Crippen molar-refractivity contribution < 1.29 is 9.21 Å². The van der Waals surface area contributed by atoms with Crippen molar-refractivity contribution >= 4 is 45.8 Å². The fourth-order valence-electron chi connectivity index (χ4n) is 4.30. The number of carbonyl (C=O) groups is 1. The van der Waals surface area contributed by atoms with Crippen molar-refractivity contribution in [1.82, 2.24) is 14.5 Å². The Morgan fingerprint density at radius 2 is 1.76 bits per heavy atom. The summed E-state index contributed by atoms with van der Waals surface area (Å²) in [5.74, 6) is 1.01. The lowest BCUT2D eigenvalue weighted by Crippen LogP contribution is -2.39. The Bertz CT molecular complexity index is 1640. The minimum atomic E-state index is -0.626. The second kappa shape index (κ2) is 11.1. The van der Waals surface area contributed by atoms with Crippen LogP contribution in [0.4, 0.5) is 10.5 Å². The number of urea groups is 1. The first kappa shape index (κ1) is 25.6. The van der Waals surface area contributed by atoms with Crippen LogP contribution in [0.15, 0.2) is 100 Å². The fraction of sp³-hybridized carbons (Fsp3) is 0.138. The summed E-state index contributed by atoms with van der Waals surface area (Å²) in [6.45, 7) is 2.26. The summed E-state index contributed by atoms with van der Waals surface area (Å²) in [6, 6.07) is 24.3. The molecule has 0 spiro atoms. The number of para-hydroxylation sites is 1. The zero-order chi connectivity index (χ0) is 26.6. The summed E-state index contributed by atoms with van der Waals surface area (Å²) >= 11 is 12.5. The number of hydrogen-bond acceptors (Lipinski definition) is 4. The average Bonchev–Trinajstić information content (AvgIpc) is 3.45. The zero-order valence-corrected chi connectivity index (χ0v) is 22.0. The van der Waals surface area contributed by atoms with Crippen LogP contribution in [0.1, 0.15) is 30.1 Å². The zero-order valence-electron chi connectivity index (χ0n) is 20.5. The molecule has 9 heteroatoms. The molecule has 2 amide bonds. The number of carbonyl (C=O) groups excluding carboxylic acids is 1. The molecule has 1 unspecified atom stereocenters. The van der Waals surface area contributed by atoms with Gasteiger partial charge in [-0.15, -0.1) is 0 Å². The highest BCUT2D eigenvalue weighted by atomic mass is 35.5. The average molecular weight is 547 g/mol. The van der Waals surface area contributed by atoms with Gasteiger partial charge in [0.05, 0.1) is 52.0 Å². The van der Waals surface area contributed by atoms with Crippen molar-refractivity contribution in [1.29, 1.82) is 0 Å². The van der Waals surface area contributed by atoms with Crippen LogP contribution < -0.4 is 10.9 Å². The van der Waals surface area contributed by atoms with Gasteiger partial charge in [0.25, 0.3) is 5.56 Å². The van der Waals surface area contributed by atoms with E-state index in [-0.39, 0.29) is 17.1 Å². The monoisotopic (exact) mass is 546 g/mol. The molecule has 0 aliphatic heterocycles. The Morgan fingerprint density at radius 3 is 2.53 bits per heavy atom. The molecule has 0 radical (unpaired) electrons. The van der Waals surface area contributed by atoms with Crippen LogP contribution in [0.3, 0.4) is 0 Å². The number of halogens is 2. The molecule has 192 valence electrons. The molecule has 0 aliphatic rings. The summed E-state index contributed by atoms with van der Waals surface area (Å²) in [7, 11) is 0. The number of anilines is 1. The van der Waals surface area contributed by atoms with Crippen molar-refractivity contribution in [2.45, 2.75) is 26.1 Å². The maximum Gasteiger partial charge on any atom is 0.322 e. The second-order valence-electron chi connectivity index (χ2n) is 8.78. The summed E-state index contributed by atoms with van der Waals surface area (Å²) in [6.07, 6.45) is 1.55. The molecule has 2 heterocycles. The molecule has 3 aromatic carbocycles. The van der Waals surface area contributed by atoms with E-state index >= 15 is 0 Å². The largest absolute Gasteiger partial charge is 0.467 e. The molecule has 2 aromatic heterocycles. The number of nitrogens with one attached hydrogen (secondary N) is 1. The summed E-state index contributed by atoms with van der Waals surface area (Å²) in [5.41, 5.74) is 1.68. The molecule has 38 heavy (non-hydrogen) atoms. The maximum atomic E-state index is 13.7. The Balaban J connectivity index is 1.60. The number of rotatable bonds is 7. The van der Waals surface area contributed by atoms with Gasteiger partial charge in [-0.3, -0.25) is 9.36 Å². The van der Waals surface area contributed by atoms with E-state index < -0.39 is 12.1 Å². The maximum absolute atomic E-state index is 13.7. The lowest BCUT2D eigenvalue weighted by atomic mass is 10.1. The molecule has 0 aliphatic carbocycles. The first-order valence-electron chi connectivity index (χ1n) is 12.0. The van der Waals surface area contributed by atoms with Crippen LogP contribution in [0.25, 0.3) is 10.9 Å². The van der Waals surface area contributed by atoms with Gasteiger partial charge in [0.2, 0.25) is 0 Å². The number of nitrogens with zero attached hydrogens (tertiary/aromatic N) is 3. The van der Waals surface area contributed by atoms with Crippen LogP contribution in [0.5, 0.6) is 0 Å². The topological polar surface area (TPSA) is 80.4 Å². The molecular formula is C29H24Cl2N4O3. The fourth-order valence-corrected chi connectivity index (χ4v) is 4.65. The van der Waals surface area contributed by atoms with Crippen molar-refractivity contribution in [3.63, 3.8) is 0 Å². The van der Waals surface area contributed by atoms with Crippen LogP contribution in [-0.2, 0) is 13.1 Å². The predicted molar refractivity (Wildman–Crippen MR) is 150 cm³/mol. The molecular weight excluding hydrogens is 523 g/mol. The summed E-state index contributed by atoms with van der Waals surface area (Å²) in [5, 5.41) is 3.91. The van der Waals surface area contributed by atoms with E-state index in [9.17, 15) is 9.59 Å². The third kappa shape index (κ3) is 5.30. The molecule has 5 rings (SSSR count). The Hall–Kier alpha value is -4.07. The van der Waals surface area contributed by atoms with E-state index in [1.807, 2.05) is 49.4 Å². The number of hydrogen-bond donors (Lipinski definition) is 1. The van der Waals surface area contributed by atoms with E-state index in [1.54, 1.807) is 58.2 Å². The van der Waals surface area contributed by atoms with Gasteiger partial charge in [-0.05, 0) is 48.9 Å². The van der Waals surface area contributed by atoms with Crippen LogP contribution >= 0.6 is 23.2 Å². The summed E-state index contributed by atoms with van der Waals surface area (Å²) in [4.78, 5) is 33.8. The van der Waals surface area contributed by atoms with Gasteiger partial charge < -0.3 is 14.6 Å². The quantitative estimate of drug-likeness (QED) is 0.235. The SMILES string of the molecule is CC(c1nc2ccccc2c(=O)n1Cc1ccccc1)N(Cc1ccco1)C(=O)Nc1cccc(Cl)c1Cl. The minimum absolute atomic E-state index is 0.131. The van der Waals surface area contributed by atoms with E-state index in [2.05, 4.69) is 5.32 Å². The van der Waals surface area contributed by atoms with Gasteiger partial charge in [0, 0.05) is 0 Å². The number of benzene rings is 3. The molecule has 0 bridgehead atoms. The van der Waals surface area contributed by atoms with E-state index in [0.29, 0.717) is 39.7 Å². The van der Waals surface area contributed by atoms with Gasteiger partial charge in [-0.1, -0.05) is 71.7 Å². The molecule has 5 aromatic rings. The normalized spacial score (nSPS) is 11.9. The highest BCUT2D eigenvalue weighted by molar-refractivity contribution is 6.43. The van der Waals surface area contributed by atoms with Crippen molar-refractivity contribution in [3.05, 3.63) is 129 Å². The molecule has 0 saturated carbocycles. The smallest absolute Gasteiger partial charge is 0.322 e. The summed E-state index contributed by atoms with van der Waals surface area (Å²) < 4.78 is 7.18. The van der Waals surface area contributed by atoms with Crippen molar-refractivity contribution in [2.24, 2.45) is 0 Å². The minimum Gasteiger partial charge on any atom is -0.467 e. The molecule has 0 saturated heterocycles. The van der Waals surface area contributed by atoms with Crippen LogP contribution in [-0.4, -0.2) is 20.5 Å². The first-order valence-corrected chi connectivity index (χ1v) is 12.8. The number of amides is 2. The lowest BCUT2D eigenvalue weighted by Gasteiger charge is -2.30. The number of furan rings is 1.